The number of rotatable bonds is 4. The number of nitrogens with two attached hydrogens (primary N) is 1. The molecule has 5 heteroatoms. The molecule has 92 valence electrons. The van der Waals surface area contributed by atoms with Crippen LogP contribution in [0.5, 0.6) is 0 Å². The number of pyridine rings is 1. The lowest BCUT2D eigenvalue weighted by Crippen LogP contribution is -2.19. The third-order valence-electron chi connectivity index (χ3n) is 2.91. The van der Waals surface area contributed by atoms with Crippen molar-refractivity contribution in [1.29, 1.82) is 0 Å². The maximum absolute atomic E-state index is 11.6. The highest BCUT2D eigenvalue weighted by atomic mass is 16.5. The van der Waals surface area contributed by atoms with Gasteiger partial charge in [-0.2, -0.15) is 0 Å². The summed E-state index contributed by atoms with van der Waals surface area (Å²) in [5.74, 6) is 0.159. The number of carbonyl (C=O) groups is 1. The van der Waals surface area contributed by atoms with Gasteiger partial charge in [0.1, 0.15) is 5.82 Å². The normalized spacial score (nSPS) is 16.4. The Labute approximate surface area is 100 Å². The van der Waals surface area contributed by atoms with E-state index in [2.05, 4.69) is 17.2 Å². The second kappa shape index (κ2) is 4.24. The first-order chi connectivity index (χ1) is 8.06. The van der Waals surface area contributed by atoms with Crippen molar-refractivity contribution in [2.45, 2.75) is 32.2 Å². The summed E-state index contributed by atoms with van der Waals surface area (Å²) in [4.78, 5) is 15.8. The number of hydrogen-bond donors (Lipinski definition) is 2. The van der Waals surface area contributed by atoms with E-state index >= 15 is 0 Å². The lowest BCUT2D eigenvalue weighted by atomic mass is 10.2. The van der Waals surface area contributed by atoms with E-state index in [1.165, 1.54) is 0 Å². The maximum Gasteiger partial charge on any atom is 0.340 e. The van der Waals surface area contributed by atoms with Gasteiger partial charge in [-0.15, -0.1) is 0 Å². The molecule has 1 heterocycles. The first-order valence-electron chi connectivity index (χ1n) is 5.75. The summed E-state index contributed by atoms with van der Waals surface area (Å²) in [6.45, 7) is 4.20. The van der Waals surface area contributed by atoms with Crippen molar-refractivity contribution in [3.63, 3.8) is 0 Å². The van der Waals surface area contributed by atoms with Crippen LogP contribution in [-0.2, 0) is 4.74 Å². The molecule has 1 saturated carbocycles. The van der Waals surface area contributed by atoms with E-state index in [1.54, 1.807) is 19.2 Å². The summed E-state index contributed by atoms with van der Waals surface area (Å²) in [5, 5.41) is 3.25. The monoisotopic (exact) mass is 235 g/mol. The van der Waals surface area contributed by atoms with Crippen molar-refractivity contribution in [2.24, 2.45) is 0 Å². The number of carbonyl (C=O) groups excluding carboxylic acids is 1. The predicted octanol–water partition coefficient (Wildman–Crippen LogP) is 1.80. The number of nitrogens with one attached hydrogen (secondary N) is 1. The molecule has 1 aliphatic rings. The highest BCUT2D eigenvalue weighted by molar-refractivity contribution is 5.97. The second-order valence-electron chi connectivity index (χ2n) is 4.53. The Hall–Kier alpha value is -1.78. The summed E-state index contributed by atoms with van der Waals surface area (Å²) in [6, 6.07) is 1.58. The third-order valence-corrected chi connectivity index (χ3v) is 2.91. The van der Waals surface area contributed by atoms with Gasteiger partial charge < -0.3 is 15.8 Å². The predicted molar refractivity (Wildman–Crippen MR) is 65.9 cm³/mol. The van der Waals surface area contributed by atoms with E-state index in [-0.39, 0.29) is 5.54 Å². The van der Waals surface area contributed by atoms with E-state index in [0.29, 0.717) is 23.7 Å². The van der Waals surface area contributed by atoms with Crippen LogP contribution in [0.4, 0.5) is 11.5 Å². The molecular formula is C12H17N3O2. The van der Waals surface area contributed by atoms with Gasteiger partial charge in [0.2, 0.25) is 0 Å². The minimum Gasteiger partial charge on any atom is -0.462 e. The molecule has 0 spiro atoms. The van der Waals surface area contributed by atoms with E-state index in [0.717, 1.165) is 12.8 Å². The van der Waals surface area contributed by atoms with Crippen LogP contribution in [-0.4, -0.2) is 23.1 Å². The molecular weight excluding hydrogens is 218 g/mol. The molecule has 2 rings (SSSR count). The van der Waals surface area contributed by atoms with Crippen LogP contribution in [0.2, 0.25) is 0 Å². The number of esters is 1. The first-order valence-corrected chi connectivity index (χ1v) is 5.75. The molecule has 1 aromatic heterocycles. The van der Waals surface area contributed by atoms with Gasteiger partial charge in [0.15, 0.2) is 0 Å². The zero-order valence-corrected chi connectivity index (χ0v) is 10.1. The van der Waals surface area contributed by atoms with Crippen molar-refractivity contribution in [1.82, 2.24) is 4.98 Å². The Morgan fingerprint density at radius 2 is 2.35 bits per heavy atom. The molecule has 1 fully saturated rings. The van der Waals surface area contributed by atoms with Crippen molar-refractivity contribution in [3.8, 4) is 0 Å². The SMILES string of the molecule is CCOC(=O)c1ccnc(NC2(C)CC2)c1N. The van der Waals surface area contributed by atoms with Crippen LogP contribution in [0.25, 0.3) is 0 Å². The fourth-order valence-electron chi connectivity index (χ4n) is 1.56. The molecule has 0 aromatic carbocycles. The molecule has 17 heavy (non-hydrogen) atoms. The third kappa shape index (κ3) is 2.49. The average molecular weight is 235 g/mol. The number of aromatic nitrogens is 1. The molecule has 1 aromatic rings. The fraction of sp³-hybridized carbons (Fsp3) is 0.500. The number of nitrogen functional groups attached to an aromatic ring is 1. The van der Waals surface area contributed by atoms with Crippen LogP contribution in [0, 0.1) is 0 Å². The van der Waals surface area contributed by atoms with Crippen molar-refractivity contribution >= 4 is 17.5 Å². The topological polar surface area (TPSA) is 77.2 Å². The minimum absolute atomic E-state index is 0.0778. The lowest BCUT2D eigenvalue weighted by molar-refractivity contribution is 0.0527. The quantitative estimate of drug-likeness (QED) is 0.778. The number of ether oxygens (including phenoxy) is 1. The average Bonchev–Trinajstić information content (AvgIpc) is 3.00. The smallest absolute Gasteiger partial charge is 0.340 e. The molecule has 0 atom stereocenters. The molecule has 5 nitrogen and oxygen atoms in total. The van der Waals surface area contributed by atoms with Crippen LogP contribution < -0.4 is 11.1 Å². The fourth-order valence-corrected chi connectivity index (χ4v) is 1.56. The van der Waals surface area contributed by atoms with Crippen LogP contribution in [0.3, 0.4) is 0 Å². The van der Waals surface area contributed by atoms with Crippen LogP contribution in [0.1, 0.15) is 37.0 Å². The molecule has 3 N–H and O–H groups in total. The molecule has 1 aliphatic carbocycles. The Balaban J connectivity index is 2.23. The van der Waals surface area contributed by atoms with E-state index < -0.39 is 5.97 Å². The molecule has 0 amide bonds. The number of hydrogen-bond acceptors (Lipinski definition) is 5. The van der Waals surface area contributed by atoms with Gasteiger partial charge in [-0.3, -0.25) is 0 Å². The van der Waals surface area contributed by atoms with Gasteiger partial charge in [0.25, 0.3) is 0 Å². The zero-order chi connectivity index (χ0) is 12.5. The minimum atomic E-state index is -0.406. The van der Waals surface area contributed by atoms with Crippen molar-refractivity contribution < 1.29 is 9.53 Å². The van der Waals surface area contributed by atoms with E-state index in [4.69, 9.17) is 10.5 Å². The molecule has 0 bridgehead atoms. The first kappa shape index (κ1) is 11.7. The largest absolute Gasteiger partial charge is 0.462 e. The second-order valence-corrected chi connectivity index (χ2v) is 4.53. The standard InChI is InChI=1S/C12H17N3O2/c1-3-17-11(16)8-4-7-14-10(9(8)13)15-12(2)5-6-12/h4,7H,3,5-6,13H2,1-2H3,(H,14,15). The maximum atomic E-state index is 11.6. The summed E-state index contributed by atoms with van der Waals surface area (Å²) in [7, 11) is 0. The summed E-state index contributed by atoms with van der Waals surface area (Å²) < 4.78 is 4.94. The molecule has 0 radical (unpaired) electrons. The van der Waals surface area contributed by atoms with Crippen LogP contribution >= 0.6 is 0 Å². The number of anilines is 2. The molecule has 0 saturated heterocycles. The van der Waals surface area contributed by atoms with Gasteiger partial charge in [-0.25, -0.2) is 9.78 Å². The van der Waals surface area contributed by atoms with Gasteiger partial charge in [-0.05, 0) is 32.8 Å². The molecule has 0 aliphatic heterocycles. The Kier molecular flexibility index (Phi) is 2.92. The zero-order valence-electron chi connectivity index (χ0n) is 10.1. The summed E-state index contributed by atoms with van der Waals surface area (Å²) >= 11 is 0. The number of nitrogens with zero attached hydrogens (tertiary/aromatic N) is 1. The highest BCUT2D eigenvalue weighted by Crippen LogP contribution is 2.39. The van der Waals surface area contributed by atoms with E-state index in [1.807, 2.05) is 0 Å². The summed E-state index contributed by atoms with van der Waals surface area (Å²) in [5.41, 5.74) is 6.73. The van der Waals surface area contributed by atoms with Gasteiger partial charge >= 0.3 is 5.97 Å². The molecule has 0 unspecified atom stereocenters. The van der Waals surface area contributed by atoms with Gasteiger partial charge in [0.05, 0.1) is 17.9 Å². The highest BCUT2D eigenvalue weighted by Gasteiger charge is 2.38. The Morgan fingerprint density at radius 1 is 1.65 bits per heavy atom. The lowest BCUT2D eigenvalue weighted by Gasteiger charge is -2.15. The summed E-state index contributed by atoms with van der Waals surface area (Å²) in [6.07, 6.45) is 3.76. The van der Waals surface area contributed by atoms with Gasteiger partial charge in [-0.1, -0.05) is 0 Å². The Bertz CT molecular complexity index is 441. The van der Waals surface area contributed by atoms with Crippen molar-refractivity contribution in [2.75, 3.05) is 17.7 Å². The van der Waals surface area contributed by atoms with Crippen LogP contribution in [0.15, 0.2) is 12.3 Å². The van der Waals surface area contributed by atoms with Crippen molar-refractivity contribution in [3.05, 3.63) is 17.8 Å². The van der Waals surface area contributed by atoms with Gasteiger partial charge in [0, 0.05) is 11.7 Å². The van der Waals surface area contributed by atoms with E-state index in [9.17, 15) is 4.79 Å². The Morgan fingerprint density at radius 3 is 2.94 bits per heavy atom.